The molecule has 2 heterocycles. The van der Waals surface area contributed by atoms with Crippen LogP contribution in [-0.2, 0) is 14.8 Å². The first-order chi connectivity index (χ1) is 13.4. The van der Waals surface area contributed by atoms with E-state index < -0.39 is 10.0 Å². The predicted octanol–water partition coefficient (Wildman–Crippen LogP) is 2.07. The molecule has 2 aromatic rings. The molecule has 0 unspecified atom stereocenters. The molecule has 0 radical (unpaired) electrons. The Labute approximate surface area is 167 Å². The second kappa shape index (κ2) is 9.35. The molecule has 1 aromatic carbocycles. The first-order valence-electron chi connectivity index (χ1n) is 9.03. The van der Waals surface area contributed by atoms with Crippen molar-refractivity contribution in [3.05, 3.63) is 46.9 Å². The minimum Gasteiger partial charge on any atom is -0.325 e. The second-order valence-corrected chi connectivity index (χ2v) is 9.32. The van der Waals surface area contributed by atoms with Crippen LogP contribution in [0.15, 0.2) is 51.4 Å². The first-order valence-corrected chi connectivity index (χ1v) is 11.5. The van der Waals surface area contributed by atoms with Crippen molar-refractivity contribution in [2.75, 3.05) is 24.2 Å². The number of carbonyl (C=O) groups excluding carboxylic acids is 1. The molecule has 2 N–H and O–H groups in total. The average molecular weight is 423 g/mol. The molecule has 1 aliphatic heterocycles. The lowest BCUT2D eigenvalue weighted by Gasteiger charge is -2.20. The number of H-pyrrole nitrogens is 1. The van der Waals surface area contributed by atoms with Gasteiger partial charge in [0.05, 0.1) is 10.6 Å². The van der Waals surface area contributed by atoms with E-state index >= 15 is 0 Å². The van der Waals surface area contributed by atoms with Crippen LogP contribution in [0.5, 0.6) is 0 Å². The van der Waals surface area contributed by atoms with Crippen molar-refractivity contribution >= 4 is 33.4 Å². The topological polar surface area (TPSA) is 112 Å². The van der Waals surface area contributed by atoms with E-state index in [4.69, 9.17) is 0 Å². The molecule has 150 valence electrons. The number of thioether (sulfide) groups is 1. The normalized spacial score (nSPS) is 15.7. The molecule has 1 aromatic heterocycles. The summed E-state index contributed by atoms with van der Waals surface area (Å²) in [5.74, 6) is -0.208. The molecule has 0 atom stereocenters. The molecule has 3 rings (SSSR count). The number of hydrogen-bond acceptors (Lipinski definition) is 6. The molecule has 1 saturated heterocycles. The molecule has 8 nitrogen and oxygen atoms in total. The van der Waals surface area contributed by atoms with Crippen LogP contribution in [0.1, 0.15) is 25.7 Å². The fraction of sp³-hybridized carbons (Fsp3) is 0.389. The summed E-state index contributed by atoms with van der Waals surface area (Å²) in [6.45, 7) is 1.10. The number of aromatic nitrogens is 2. The van der Waals surface area contributed by atoms with Crippen LogP contribution >= 0.6 is 11.8 Å². The van der Waals surface area contributed by atoms with Gasteiger partial charge in [-0.3, -0.25) is 9.59 Å². The zero-order valence-electron chi connectivity index (χ0n) is 15.3. The van der Waals surface area contributed by atoms with Crippen LogP contribution in [-0.4, -0.2) is 47.4 Å². The molecule has 1 aliphatic rings. The summed E-state index contributed by atoms with van der Waals surface area (Å²) in [4.78, 5) is 30.0. The quantitative estimate of drug-likeness (QED) is 0.544. The van der Waals surface area contributed by atoms with E-state index in [-0.39, 0.29) is 22.1 Å². The molecule has 1 amide bonds. The van der Waals surface area contributed by atoms with Crippen LogP contribution < -0.4 is 10.9 Å². The molecule has 0 aliphatic carbocycles. The van der Waals surface area contributed by atoms with Gasteiger partial charge in [0.1, 0.15) is 0 Å². The zero-order valence-corrected chi connectivity index (χ0v) is 16.9. The minimum atomic E-state index is -3.51. The van der Waals surface area contributed by atoms with Gasteiger partial charge in [0.15, 0.2) is 5.16 Å². The highest BCUT2D eigenvalue weighted by Crippen LogP contribution is 2.22. The number of nitrogens with one attached hydrogen (secondary N) is 2. The lowest BCUT2D eigenvalue weighted by Crippen LogP contribution is -2.31. The van der Waals surface area contributed by atoms with E-state index in [0.29, 0.717) is 23.9 Å². The van der Waals surface area contributed by atoms with Gasteiger partial charge >= 0.3 is 0 Å². The number of benzene rings is 1. The highest BCUT2D eigenvalue weighted by Gasteiger charge is 2.24. The highest BCUT2D eigenvalue weighted by atomic mass is 32.2. The largest absolute Gasteiger partial charge is 0.325 e. The van der Waals surface area contributed by atoms with Crippen molar-refractivity contribution in [2.45, 2.75) is 35.7 Å². The second-order valence-electron chi connectivity index (χ2n) is 6.42. The van der Waals surface area contributed by atoms with Gasteiger partial charge in [-0.15, -0.1) is 0 Å². The Morgan fingerprint density at radius 2 is 1.79 bits per heavy atom. The van der Waals surface area contributed by atoms with Gasteiger partial charge in [0.2, 0.25) is 15.9 Å². The standard InChI is InChI=1S/C18H22N4O4S2/c23-16-9-10-19-18(21-16)27-13-17(24)20-14-5-7-15(8-6-14)28(25,26)22-11-3-1-2-4-12-22/h5-10H,1-4,11-13H2,(H,20,24)(H,19,21,23). The number of hydrogen-bond donors (Lipinski definition) is 2. The maximum absolute atomic E-state index is 12.8. The Bertz CT molecular complexity index is 966. The number of anilines is 1. The molecule has 0 spiro atoms. The average Bonchev–Trinajstić information content (AvgIpc) is 2.97. The number of sulfonamides is 1. The summed E-state index contributed by atoms with van der Waals surface area (Å²) in [7, 11) is -3.51. The smallest absolute Gasteiger partial charge is 0.251 e. The lowest BCUT2D eigenvalue weighted by atomic mass is 10.2. The van der Waals surface area contributed by atoms with Crippen LogP contribution in [0.4, 0.5) is 5.69 Å². The van der Waals surface area contributed by atoms with Crippen LogP contribution in [0.3, 0.4) is 0 Å². The van der Waals surface area contributed by atoms with Gasteiger partial charge in [0, 0.05) is 31.0 Å². The summed E-state index contributed by atoms with van der Waals surface area (Å²) in [6, 6.07) is 7.48. The number of carbonyl (C=O) groups is 1. The summed E-state index contributed by atoms with van der Waals surface area (Å²) in [5, 5.41) is 3.07. The number of rotatable bonds is 6. The van der Waals surface area contributed by atoms with Gasteiger partial charge in [-0.05, 0) is 37.1 Å². The molecule has 10 heteroatoms. The van der Waals surface area contributed by atoms with E-state index in [1.807, 2.05) is 0 Å². The van der Waals surface area contributed by atoms with Crippen LogP contribution in [0.2, 0.25) is 0 Å². The number of nitrogens with zero attached hydrogens (tertiary/aromatic N) is 2. The van der Waals surface area contributed by atoms with E-state index in [1.54, 1.807) is 12.1 Å². The van der Waals surface area contributed by atoms with Crippen molar-refractivity contribution in [3.8, 4) is 0 Å². The Morgan fingerprint density at radius 3 is 2.43 bits per heavy atom. The Balaban J connectivity index is 1.59. The minimum absolute atomic E-state index is 0.0702. The Kier molecular flexibility index (Phi) is 6.87. The lowest BCUT2D eigenvalue weighted by molar-refractivity contribution is -0.113. The van der Waals surface area contributed by atoms with E-state index in [2.05, 4.69) is 15.3 Å². The van der Waals surface area contributed by atoms with E-state index in [9.17, 15) is 18.0 Å². The van der Waals surface area contributed by atoms with Gasteiger partial charge in [-0.2, -0.15) is 4.31 Å². The third kappa shape index (κ3) is 5.43. The number of aromatic amines is 1. The molecule has 28 heavy (non-hydrogen) atoms. The first kappa shape index (κ1) is 20.6. The van der Waals surface area contributed by atoms with Crippen molar-refractivity contribution in [1.82, 2.24) is 14.3 Å². The summed E-state index contributed by atoms with van der Waals surface area (Å²) in [6.07, 6.45) is 5.25. The number of amides is 1. The predicted molar refractivity (Wildman–Crippen MR) is 108 cm³/mol. The molecular weight excluding hydrogens is 400 g/mol. The van der Waals surface area contributed by atoms with Crippen molar-refractivity contribution in [3.63, 3.8) is 0 Å². The van der Waals surface area contributed by atoms with Gasteiger partial charge in [-0.1, -0.05) is 24.6 Å². The van der Waals surface area contributed by atoms with Gasteiger partial charge < -0.3 is 10.3 Å². The van der Waals surface area contributed by atoms with Crippen LogP contribution in [0.25, 0.3) is 0 Å². The molecule has 0 bridgehead atoms. The highest BCUT2D eigenvalue weighted by molar-refractivity contribution is 7.99. The summed E-state index contributed by atoms with van der Waals surface area (Å²) >= 11 is 1.11. The van der Waals surface area contributed by atoms with Crippen molar-refractivity contribution < 1.29 is 13.2 Å². The monoisotopic (exact) mass is 422 g/mol. The maximum Gasteiger partial charge on any atom is 0.251 e. The fourth-order valence-corrected chi connectivity index (χ4v) is 5.06. The zero-order chi connectivity index (χ0) is 20.0. The van der Waals surface area contributed by atoms with Gasteiger partial charge in [-0.25, -0.2) is 13.4 Å². The fourth-order valence-electron chi connectivity index (χ4n) is 2.90. The van der Waals surface area contributed by atoms with E-state index in [0.717, 1.165) is 37.4 Å². The summed E-state index contributed by atoms with van der Waals surface area (Å²) in [5.41, 5.74) is 0.231. The molecular formula is C18H22N4O4S2. The molecule has 0 saturated carbocycles. The maximum atomic E-state index is 12.8. The van der Waals surface area contributed by atoms with Crippen molar-refractivity contribution in [2.24, 2.45) is 0 Å². The van der Waals surface area contributed by atoms with Crippen molar-refractivity contribution in [1.29, 1.82) is 0 Å². The SMILES string of the molecule is O=C(CSc1nccc(=O)[nH]1)Nc1ccc(S(=O)(=O)N2CCCCCC2)cc1. The molecule has 1 fully saturated rings. The van der Waals surface area contributed by atoms with Crippen LogP contribution in [0, 0.1) is 0 Å². The Morgan fingerprint density at radius 1 is 1.11 bits per heavy atom. The third-order valence-electron chi connectivity index (χ3n) is 4.33. The van der Waals surface area contributed by atoms with E-state index in [1.165, 1.54) is 28.7 Å². The van der Waals surface area contributed by atoms with Gasteiger partial charge in [0.25, 0.3) is 5.56 Å². The summed E-state index contributed by atoms with van der Waals surface area (Å²) < 4.78 is 27.1. The third-order valence-corrected chi connectivity index (χ3v) is 7.13. The Hall–Kier alpha value is -2.17.